The van der Waals surface area contributed by atoms with Crippen molar-refractivity contribution >= 4 is 45.9 Å². The molecule has 2 aromatic rings. The summed E-state index contributed by atoms with van der Waals surface area (Å²) in [6.45, 7) is 1.96. The van der Waals surface area contributed by atoms with Crippen molar-refractivity contribution < 1.29 is 13.6 Å². The molecular weight excluding hydrogens is 407 g/mol. The lowest BCUT2D eigenvalue weighted by molar-refractivity contribution is 0.102. The molecule has 0 bridgehead atoms. The predicted molar refractivity (Wildman–Crippen MR) is 90.2 cm³/mol. The normalized spacial score (nSPS) is 10.7. The molecule has 6 heteroatoms. The molecule has 0 fully saturated rings. The van der Waals surface area contributed by atoms with Crippen LogP contribution in [0.2, 0.25) is 0 Å². The summed E-state index contributed by atoms with van der Waals surface area (Å²) in [5.41, 5.74) is 1.98. The van der Waals surface area contributed by atoms with Gasteiger partial charge in [-0.15, -0.1) is 0 Å². The second kappa shape index (κ2) is 7.22. The summed E-state index contributed by atoms with van der Waals surface area (Å²) in [6, 6.07) is 11.9. The number of carbonyl (C=O) groups excluding carboxylic acids is 1. The zero-order chi connectivity index (χ0) is 15.4. The van der Waals surface area contributed by atoms with Gasteiger partial charge in [-0.3, -0.25) is 4.79 Å². The Morgan fingerprint density at radius 3 is 2.62 bits per heavy atom. The van der Waals surface area contributed by atoms with E-state index in [1.807, 2.05) is 13.0 Å². The number of para-hydroxylation sites is 1. The maximum atomic E-state index is 12.5. The summed E-state index contributed by atoms with van der Waals surface area (Å²) in [5.74, 6) is -2.83. The molecule has 110 valence electrons. The molecule has 0 radical (unpaired) electrons. The van der Waals surface area contributed by atoms with Crippen molar-refractivity contribution in [2.24, 2.45) is 0 Å². The molecule has 0 saturated carbocycles. The molecule has 0 spiro atoms. The average Bonchev–Trinajstić information content (AvgIpc) is 2.43. The number of hydrogen-bond acceptors (Lipinski definition) is 2. The fraction of sp³-hybridized carbons (Fsp3) is 0.133. The van der Waals surface area contributed by atoms with Crippen LogP contribution in [0.25, 0.3) is 0 Å². The number of alkyl halides is 2. The Morgan fingerprint density at radius 2 is 1.95 bits per heavy atom. The zero-order valence-electron chi connectivity index (χ0n) is 11.1. The van der Waals surface area contributed by atoms with E-state index in [0.29, 0.717) is 27.9 Å². The molecule has 2 rings (SSSR count). The number of benzene rings is 2. The first-order valence-electron chi connectivity index (χ1n) is 6.08. The molecule has 0 aliphatic carbocycles. The molecule has 2 nitrogen and oxygen atoms in total. The number of amides is 1. The van der Waals surface area contributed by atoms with E-state index >= 15 is 0 Å². The first kappa shape index (κ1) is 16.2. The van der Waals surface area contributed by atoms with Crippen molar-refractivity contribution in [3.8, 4) is 0 Å². The number of anilines is 1. The zero-order valence-corrected chi connectivity index (χ0v) is 14.0. The molecule has 0 unspecified atom stereocenters. The van der Waals surface area contributed by atoms with Crippen LogP contribution in [0.3, 0.4) is 0 Å². The van der Waals surface area contributed by atoms with Gasteiger partial charge in [0, 0.05) is 14.0 Å². The first-order valence-corrected chi connectivity index (χ1v) is 8.04. The highest BCUT2D eigenvalue weighted by Crippen LogP contribution is 2.31. The maximum Gasteiger partial charge on any atom is 0.288 e. The van der Waals surface area contributed by atoms with Crippen LogP contribution >= 0.6 is 34.4 Å². The molecule has 0 aliphatic heterocycles. The van der Waals surface area contributed by atoms with Crippen molar-refractivity contribution in [3.63, 3.8) is 0 Å². The summed E-state index contributed by atoms with van der Waals surface area (Å²) in [7, 11) is 0. The Bertz CT molecular complexity index is 664. The van der Waals surface area contributed by atoms with Crippen molar-refractivity contribution in [1.82, 2.24) is 0 Å². The average molecular weight is 419 g/mol. The Morgan fingerprint density at radius 1 is 1.24 bits per heavy atom. The van der Waals surface area contributed by atoms with Gasteiger partial charge in [0.15, 0.2) is 0 Å². The van der Waals surface area contributed by atoms with E-state index in [4.69, 9.17) is 0 Å². The summed E-state index contributed by atoms with van der Waals surface area (Å²) >= 11 is 2.57. The van der Waals surface area contributed by atoms with Gasteiger partial charge in [0.05, 0.1) is 5.69 Å². The van der Waals surface area contributed by atoms with Gasteiger partial charge in [-0.25, -0.2) is 0 Å². The SMILES string of the molecule is Cc1ccc(C(=O)Nc2ccccc2SC(F)F)cc1I. The molecule has 2 aromatic carbocycles. The largest absolute Gasteiger partial charge is 0.321 e. The summed E-state index contributed by atoms with van der Waals surface area (Å²) in [6.07, 6.45) is 0. The number of nitrogens with one attached hydrogen (secondary N) is 1. The third-order valence-electron chi connectivity index (χ3n) is 2.79. The molecule has 0 aliphatic rings. The van der Waals surface area contributed by atoms with Gasteiger partial charge >= 0.3 is 0 Å². The predicted octanol–water partition coefficient (Wildman–Crippen LogP) is 5.17. The molecule has 0 heterocycles. The Balaban J connectivity index is 2.21. The van der Waals surface area contributed by atoms with Crippen LogP contribution in [-0.2, 0) is 0 Å². The van der Waals surface area contributed by atoms with Crippen LogP contribution in [0.4, 0.5) is 14.5 Å². The number of thioether (sulfide) groups is 1. The van der Waals surface area contributed by atoms with Crippen LogP contribution in [-0.4, -0.2) is 11.7 Å². The third-order valence-corrected chi connectivity index (χ3v) is 4.74. The van der Waals surface area contributed by atoms with Crippen LogP contribution in [0.1, 0.15) is 15.9 Å². The van der Waals surface area contributed by atoms with E-state index in [9.17, 15) is 13.6 Å². The summed E-state index contributed by atoms with van der Waals surface area (Å²) < 4.78 is 26.0. The molecule has 1 amide bonds. The third kappa shape index (κ3) is 4.41. The van der Waals surface area contributed by atoms with Crippen LogP contribution < -0.4 is 5.32 Å². The van der Waals surface area contributed by atoms with Crippen LogP contribution in [0, 0.1) is 10.5 Å². The fourth-order valence-electron chi connectivity index (χ4n) is 1.70. The molecule has 0 atom stereocenters. The number of halogens is 3. The molecule has 1 N–H and O–H groups in total. The van der Waals surface area contributed by atoms with Crippen molar-refractivity contribution in [2.75, 3.05) is 5.32 Å². The fourth-order valence-corrected chi connectivity index (χ4v) is 2.81. The van der Waals surface area contributed by atoms with E-state index in [0.717, 1.165) is 9.13 Å². The van der Waals surface area contributed by atoms with Gasteiger partial charge in [0.25, 0.3) is 11.7 Å². The highest BCUT2D eigenvalue weighted by molar-refractivity contribution is 14.1. The Hall–Kier alpha value is -1.15. The smallest absolute Gasteiger partial charge is 0.288 e. The van der Waals surface area contributed by atoms with Crippen molar-refractivity contribution in [1.29, 1.82) is 0 Å². The van der Waals surface area contributed by atoms with Crippen molar-refractivity contribution in [2.45, 2.75) is 17.6 Å². The molecule has 0 saturated heterocycles. The molecular formula is C15H12F2INOS. The van der Waals surface area contributed by atoms with Crippen LogP contribution in [0.15, 0.2) is 47.4 Å². The van der Waals surface area contributed by atoms with Crippen LogP contribution in [0.5, 0.6) is 0 Å². The lowest BCUT2D eigenvalue weighted by Gasteiger charge is -2.11. The quantitative estimate of drug-likeness (QED) is 0.548. The van der Waals surface area contributed by atoms with E-state index < -0.39 is 5.76 Å². The monoisotopic (exact) mass is 419 g/mol. The van der Waals surface area contributed by atoms with Gasteiger partial charge in [-0.2, -0.15) is 8.78 Å². The lowest BCUT2D eigenvalue weighted by atomic mass is 10.1. The minimum absolute atomic E-state index is 0.310. The maximum absolute atomic E-state index is 12.5. The second-order valence-corrected chi connectivity index (χ2v) is 6.49. The molecule has 0 aromatic heterocycles. The Labute approximate surface area is 139 Å². The highest BCUT2D eigenvalue weighted by atomic mass is 127. The first-order chi connectivity index (χ1) is 9.97. The summed E-state index contributed by atoms with van der Waals surface area (Å²) in [4.78, 5) is 12.6. The Kier molecular flexibility index (Phi) is 5.58. The minimum atomic E-state index is -2.52. The number of aryl methyl sites for hydroxylation is 1. The van der Waals surface area contributed by atoms with Gasteiger partial charge in [-0.05, 0) is 59.3 Å². The second-order valence-electron chi connectivity index (χ2n) is 4.29. The number of hydrogen-bond donors (Lipinski definition) is 1. The van der Waals surface area contributed by atoms with E-state index in [2.05, 4.69) is 27.9 Å². The van der Waals surface area contributed by atoms with Crippen molar-refractivity contribution in [3.05, 3.63) is 57.2 Å². The van der Waals surface area contributed by atoms with Gasteiger partial charge in [-0.1, -0.05) is 30.0 Å². The number of rotatable bonds is 4. The van der Waals surface area contributed by atoms with Gasteiger partial charge < -0.3 is 5.32 Å². The van der Waals surface area contributed by atoms with Gasteiger partial charge in [0.2, 0.25) is 0 Å². The topological polar surface area (TPSA) is 29.1 Å². The number of carbonyl (C=O) groups is 1. The van der Waals surface area contributed by atoms with E-state index in [-0.39, 0.29) is 5.91 Å². The minimum Gasteiger partial charge on any atom is -0.321 e. The van der Waals surface area contributed by atoms with E-state index in [1.54, 1.807) is 36.4 Å². The summed E-state index contributed by atoms with van der Waals surface area (Å²) in [5, 5.41) is 2.68. The standard InChI is InChI=1S/C15H12F2INOS/c1-9-6-7-10(8-11(9)18)14(20)19-12-4-2-3-5-13(12)21-15(16)17/h2-8,15H,1H3,(H,19,20). The molecule has 21 heavy (non-hydrogen) atoms. The van der Waals surface area contributed by atoms with E-state index in [1.165, 1.54) is 0 Å². The highest BCUT2D eigenvalue weighted by Gasteiger charge is 2.13. The van der Waals surface area contributed by atoms with Gasteiger partial charge in [0.1, 0.15) is 0 Å². The lowest BCUT2D eigenvalue weighted by Crippen LogP contribution is -2.13.